The van der Waals surface area contributed by atoms with Crippen LogP contribution in [0.15, 0.2) is 36.8 Å². The van der Waals surface area contributed by atoms with Crippen LogP contribution in [0.25, 0.3) is 10.2 Å². The first-order valence-corrected chi connectivity index (χ1v) is 12.0. The molecule has 3 heterocycles. The van der Waals surface area contributed by atoms with E-state index in [1.807, 2.05) is 6.92 Å². The molecule has 0 fully saturated rings. The number of esters is 1. The standard InChI is InChI=1S/C22H19F3N6O3S2/c1-11-15-17(28-10-29-18(15)36-16(11)19(32)34-2)26-8-7-14-9-27-21(35-14)31-20(33)30-13-5-3-12(4-6-13)22(23,24)25/h3-6,9-10H,7-8H2,1-2H3,(H,26,28,29)(H2,27,30,31,33). The maximum Gasteiger partial charge on any atom is 0.416 e. The molecule has 0 bridgehead atoms. The highest BCUT2D eigenvalue weighted by Crippen LogP contribution is 2.34. The van der Waals surface area contributed by atoms with Crippen molar-refractivity contribution in [3.63, 3.8) is 0 Å². The summed E-state index contributed by atoms with van der Waals surface area (Å²) in [5.41, 5.74) is 0.164. The van der Waals surface area contributed by atoms with Crippen LogP contribution in [0, 0.1) is 6.92 Å². The van der Waals surface area contributed by atoms with Gasteiger partial charge in [-0.25, -0.2) is 24.5 Å². The Hall–Kier alpha value is -3.78. The van der Waals surface area contributed by atoms with Crippen molar-refractivity contribution in [3.8, 4) is 0 Å². The van der Waals surface area contributed by atoms with Gasteiger partial charge in [0.05, 0.1) is 18.1 Å². The Morgan fingerprint density at radius 2 is 1.81 bits per heavy atom. The Morgan fingerprint density at radius 1 is 1.06 bits per heavy atom. The van der Waals surface area contributed by atoms with Gasteiger partial charge in [0.15, 0.2) is 5.13 Å². The largest absolute Gasteiger partial charge is 0.465 e. The quantitative estimate of drug-likeness (QED) is 0.265. The van der Waals surface area contributed by atoms with E-state index in [2.05, 4.69) is 30.9 Å². The number of anilines is 3. The summed E-state index contributed by atoms with van der Waals surface area (Å²) in [6.07, 6.45) is -0.814. The van der Waals surface area contributed by atoms with Crippen molar-refractivity contribution in [1.82, 2.24) is 15.0 Å². The predicted molar refractivity (Wildman–Crippen MR) is 132 cm³/mol. The number of aromatic nitrogens is 3. The molecule has 0 unspecified atom stereocenters. The van der Waals surface area contributed by atoms with Gasteiger partial charge in [0.25, 0.3) is 0 Å². The van der Waals surface area contributed by atoms with E-state index in [9.17, 15) is 22.8 Å². The fourth-order valence-electron chi connectivity index (χ4n) is 3.28. The number of carbonyl (C=O) groups excluding carboxylic acids is 2. The minimum Gasteiger partial charge on any atom is -0.465 e. The summed E-state index contributed by atoms with van der Waals surface area (Å²) in [5, 5.41) is 9.39. The SMILES string of the molecule is COC(=O)c1sc2ncnc(NCCc3cnc(NC(=O)Nc4ccc(C(F)(F)F)cc4)s3)c2c1C. The lowest BCUT2D eigenvalue weighted by atomic mass is 10.2. The number of aryl methyl sites for hydroxylation is 1. The number of ether oxygens (including phenoxy) is 1. The van der Waals surface area contributed by atoms with Crippen LogP contribution in [-0.2, 0) is 17.3 Å². The number of amides is 2. The Labute approximate surface area is 210 Å². The zero-order valence-corrected chi connectivity index (χ0v) is 20.5. The highest BCUT2D eigenvalue weighted by molar-refractivity contribution is 7.20. The minimum absolute atomic E-state index is 0.219. The molecule has 188 valence electrons. The molecule has 0 aliphatic heterocycles. The third kappa shape index (κ3) is 5.71. The smallest absolute Gasteiger partial charge is 0.416 e. The first-order valence-electron chi connectivity index (χ1n) is 10.4. The number of thiazole rings is 1. The zero-order chi connectivity index (χ0) is 25.9. The molecule has 14 heteroatoms. The molecule has 2 amide bonds. The van der Waals surface area contributed by atoms with Crippen LogP contribution in [0.2, 0.25) is 0 Å². The number of carbonyl (C=O) groups is 2. The first kappa shape index (κ1) is 25.3. The lowest BCUT2D eigenvalue weighted by Crippen LogP contribution is -2.19. The summed E-state index contributed by atoms with van der Waals surface area (Å²) in [4.78, 5) is 38.9. The van der Waals surface area contributed by atoms with Crippen molar-refractivity contribution < 1.29 is 27.5 Å². The van der Waals surface area contributed by atoms with Crippen LogP contribution in [0.5, 0.6) is 0 Å². The lowest BCUT2D eigenvalue weighted by Gasteiger charge is -2.08. The van der Waals surface area contributed by atoms with Crippen molar-refractivity contribution in [2.45, 2.75) is 19.5 Å². The van der Waals surface area contributed by atoms with Crippen LogP contribution in [0.3, 0.4) is 0 Å². The fraction of sp³-hybridized carbons (Fsp3) is 0.227. The molecule has 0 aliphatic carbocycles. The number of hydrogen-bond donors (Lipinski definition) is 3. The molecule has 4 rings (SSSR count). The van der Waals surface area contributed by atoms with Crippen LogP contribution < -0.4 is 16.0 Å². The topological polar surface area (TPSA) is 118 Å². The second-order valence-electron chi connectivity index (χ2n) is 7.41. The average Bonchev–Trinajstić information content (AvgIpc) is 3.42. The second-order valence-corrected chi connectivity index (χ2v) is 9.53. The number of rotatable bonds is 7. The van der Waals surface area contributed by atoms with Gasteiger partial charge in [-0.1, -0.05) is 0 Å². The summed E-state index contributed by atoms with van der Waals surface area (Å²) in [6, 6.07) is 3.52. The first-order chi connectivity index (χ1) is 17.2. The number of methoxy groups -OCH3 is 1. The summed E-state index contributed by atoms with van der Waals surface area (Å²) < 4.78 is 42.8. The van der Waals surface area contributed by atoms with Crippen molar-refractivity contribution in [2.24, 2.45) is 0 Å². The molecule has 0 spiro atoms. The fourth-order valence-corrected chi connectivity index (χ4v) is 5.15. The number of fused-ring (bicyclic) bond motifs is 1. The second kappa shape index (κ2) is 10.5. The summed E-state index contributed by atoms with van der Waals surface area (Å²) in [7, 11) is 1.33. The summed E-state index contributed by atoms with van der Waals surface area (Å²) in [6.45, 7) is 2.32. The van der Waals surface area contributed by atoms with Crippen molar-refractivity contribution >= 4 is 61.5 Å². The van der Waals surface area contributed by atoms with Crippen LogP contribution in [-0.4, -0.2) is 40.6 Å². The molecule has 9 nitrogen and oxygen atoms in total. The zero-order valence-electron chi connectivity index (χ0n) is 18.9. The number of urea groups is 1. The Balaban J connectivity index is 1.32. The molecule has 0 aliphatic rings. The Bertz CT molecular complexity index is 1400. The molecule has 0 radical (unpaired) electrons. The van der Waals surface area contributed by atoms with Gasteiger partial charge in [0.1, 0.15) is 21.9 Å². The number of thiophene rings is 1. The van der Waals surface area contributed by atoms with Gasteiger partial charge in [0, 0.05) is 29.7 Å². The van der Waals surface area contributed by atoms with Gasteiger partial charge in [-0.3, -0.25) is 5.32 Å². The number of alkyl halides is 3. The molecule has 3 N–H and O–H groups in total. The van der Waals surface area contributed by atoms with E-state index >= 15 is 0 Å². The van der Waals surface area contributed by atoms with Gasteiger partial charge in [-0.15, -0.1) is 22.7 Å². The third-order valence-corrected chi connectivity index (χ3v) is 7.16. The summed E-state index contributed by atoms with van der Waals surface area (Å²) in [5.74, 6) is 0.177. The number of halogens is 3. The van der Waals surface area contributed by atoms with E-state index in [0.717, 1.165) is 28.0 Å². The Kier molecular flexibility index (Phi) is 7.35. The number of hydrogen-bond acceptors (Lipinski definition) is 9. The number of nitrogens with one attached hydrogen (secondary N) is 3. The van der Waals surface area contributed by atoms with Crippen molar-refractivity contribution in [2.75, 3.05) is 29.6 Å². The van der Waals surface area contributed by atoms with Gasteiger partial charge >= 0.3 is 18.2 Å². The van der Waals surface area contributed by atoms with Crippen LogP contribution >= 0.6 is 22.7 Å². The van der Waals surface area contributed by atoms with E-state index in [1.165, 1.54) is 48.2 Å². The highest BCUT2D eigenvalue weighted by atomic mass is 32.1. The maximum atomic E-state index is 12.7. The van der Waals surface area contributed by atoms with Gasteiger partial charge in [-0.05, 0) is 36.8 Å². The number of nitrogens with zero attached hydrogens (tertiary/aromatic N) is 3. The van der Waals surface area contributed by atoms with E-state index in [-0.39, 0.29) is 5.69 Å². The van der Waals surface area contributed by atoms with Gasteiger partial charge < -0.3 is 15.4 Å². The van der Waals surface area contributed by atoms with Crippen LogP contribution in [0.1, 0.15) is 25.7 Å². The van der Waals surface area contributed by atoms with Crippen LogP contribution in [0.4, 0.5) is 34.6 Å². The van der Waals surface area contributed by atoms with Crippen molar-refractivity contribution in [1.29, 1.82) is 0 Å². The molecule has 0 saturated carbocycles. The highest BCUT2D eigenvalue weighted by Gasteiger charge is 2.30. The molecule has 0 atom stereocenters. The molecule has 4 aromatic rings. The van der Waals surface area contributed by atoms with E-state index in [4.69, 9.17) is 4.74 Å². The molecule has 0 saturated heterocycles. The lowest BCUT2D eigenvalue weighted by molar-refractivity contribution is -0.137. The average molecular weight is 537 g/mol. The molecule has 36 heavy (non-hydrogen) atoms. The van der Waals surface area contributed by atoms with E-state index in [1.54, 1.807) is 6.20 Å². The van der Waals surface area contributed by atoms with Gasteiger partial charge in [-0.2, -0.15) is 13.2 Å². The van der Waals surface area contributed by atoms with E-state index < -0.39 is 23.7 Å². The van der Waals surface area contributed by atoms with E-state index in [0.29, 0.717) is 33.6 Å². The summed E-state index contributed by atoms with van der Waals surface area (Å²) >= 11 is 2.51. The molecular formula is C22H19F3N6O3S2. The van der Waals surface area contributed by atoms with Crippen molar-refractivity contribution in [3.05, 3.63) is 57.7 Å². The molecule has 1 aromatic carbocycles. The predicted octanol–water partition coefficient (Wildman–Crippen LogP) is 5.56. The molecular weight excluding hydrogens is 517 g/mol. The number of benzene rings is 1. The molecule has 3 aromatic heterocycles. The van der Waals surface area contributed by atoms with Gasteiger partial charge in [0.2, 0.25) is 0 Å². The third-order valence-electron chi connectivity index (χ3n) is 5.01. The monoisotopic (exact) mass is 536 g/mol. The normalized spacial score (nSPS) is 11.4. The maximum absolute atomic E-state index is 12.7. The Morgan fingerprint density at radius 3 is 2.50 bits per heavy atom. The minimum atomic E-state index is -4.44.